The Morgan fingerprint density at radius 3 is 2.33 bits per heavy atom. The maximum atomic E-state index is 13.2. The highest BCUT2D eigenvalue weighted by molar-refractivity contribution is 5.91. The van der Waals surface area contributed by atoms with Crippen molar-refractivity contribution >= 4 is 22.6 Å². The van der Waals surface area contributed by atoms with Gasteiger partial charge in [0.1, 0.15) is 6.54 Å². The van der Waals surface area contributed by atoms with Crippen LogP contribution in [0.4, 0.5) is 14.5 Å². The van der Waals surface area contributed by atoms with Crippen LogP contribution >= 0.6 is 0 Å². The monoisotopic (exact) mass is 331 g/mol. The summed E-state index contributed by atoms with van der Waals surface area (Å²) in [6.07, 6.45) is 0. The number of imidazole rings is 1. The SMILES string of the molecule is CCn1c(=O)n(CC(=O)Nc2ccc(F)c(F)c2)c2ccccc21. The fourth-order valence-electron chi connectivity index (χ4n) is 2.65. The lowest BCUT2D eigenvalue weighted by Crippen LogP contribution is -2.29. The summed E-state index contributed by atoms with van der Waals surface area (Å²) in [5.41, 5.74) is 1.22. The smallest absolute Gasteiger partial charge is 0.324 e. The minimum Gasteiger partial charge on any atom is -0.324 e. The number of carbonyl (C=O) groups excluding carboxylic acids is 1. The van der Waals surface area contributed by atoms with Gasteiger partial charge in [-0.25, -0.2) is 13.6 Å². The Labute approximate surface area is 136 Å². The molecule has 0 saturated carbocycles. The lowest BCUT2D eigenvalue weighted by Gasteiger charge is -2.06. The maximum absolute atomic E-state index is 13.2. The Morgan fingerprint density at radius 2 is 1.71 bits per heavy atom. The Kier molecular flexibility index (Phi) is 4.16. The number of hydrogen-bond donors (Lipinski definition) is 1. The minimum absolute atomic E-state index is 0.131. The van der Waals surface area contributed by atoms with E-state index < -0.39 is 17.5 Å². The van der Waals surface area contributed by atoms with Gasteiger partial charge in [0.25, 0.3) is 0 Å². The molecule has 0 atom stereocenters. The summed E-state index contributed by atoms with van der Waals surface area (Å²) in [6.45, 7) is 2.11. The molecule has 7 heteroatoms. The van der Waals surface area contributed by atoms with E-state index in [0.29, 0.717) is 12.1 Å². The van der Waals surface area contributed by atoms with Gasteiger partial charge in [-0.15, -0.1) is 0 Å². The van der Waals surface area contributed by atoms with Crippen LogP contribution in [0.5, 0.6) is 0 Å². The molecule has 0 fully saturated rings. The Bertz CT molecular complexity index is 976. The van der Waals surface area contributed by atoms with Crippen LogP contribution in [0, 0.1) is 11.6 Å². The third-order valence-corrected chi connectivity index (χ3v) is 3.75. The van der Waals surface area contributed by atoms with Gasteiger partial charge in [0.2, 0.25) is 5.91 Å². The molecule has 0 bridgehead atoms. The number of benzene rings is 2. The molecule has 0 saturated heterocycles. The highest BCUT2D eigenvalue weighted by atomic mass is 19.2. The summed E-state index contributed by atoms with van der Waals surface area (Å²) >= 11 is 0. The molecule has 0 aliphatic heterocycles. The number of para-hydroxylation sites is 2. The van der Waals surface area contributed by atoms with E-state index in [-0.39, 0.29) is 17.9 Å². The van der Waals surface area contributed by atoms with Crippen LogP contribution in [-0.2, 0) is 17.9 Å². The Morgan fingerprint density at radius 1 is 1.04 bits per heavy atom. The molecule has 0 radical (unpaired) electrons. The molecule has 0 spiro atoms. The Balaban J connectivity index is 1.89. The standard InChI is InChI=1S/C17H15F2N3O2/c1-2-21-14-5-3-4-6-15(14)22(17(21)24)10-16(23)20-11-7-8-12(18)13(19)9-11/h3-9H,2,10H2,1H3,(H,20,23). The van der Waals surface area contributed by atoms with Gasteiger partial charge in [0.15, 0.2) is 11.6 Å². The average Bonchev–Trinajstić information content (AvgIpc) is 2.83. The fraction of sp³-hybridized carbons (Fsp3) is 0.176. The van der Waals surface area contributed by atoms with E-state index in [2.05, 4.69) is 5.32 Å². The van der Waals surface area contributed by atoms with E-state index in [1.165, 1.54) is 10.6 Å². The van der Waals surface area contributed by atoms with E-state index in [4.69, 9.17) is 0 Å². The molecule has 5 nitrogen and oxygen atoms in total. The van der Waals surface area contributed by atoms with E-state index in [1.54, 1.807) is 16.7 Å². The molecule has 1 aromatic heterocycles. The summed E-state index contributed by atoms with van der Waals surface area (Å²) < 4.78 is 29.0. The first-order chi connectivity index (χ1) is 11.5. The molecule has 3 aromatic rings. The zero-order chi connectivity index (χ0) is 17.3. The van der Waals surface area contributed by atoms with E-state index in [0.717, 1.165) is 17.6 Å². The second kappa shape index (κ2) is 6.27. The summed E-state index contributed by atoms with van der Waals surface area (Å²) in [4.78, 5) is 24.6. The molecule has 0 unspecified atom stereocenters. The molecule has 3 rings (SSSR count). The van der Waals surface area contributed by atoms with Crippen molar-refractivity contribution in [3.8, 4) is 0 Å². The molecular formula is C17H15F2N3O2. The fourth-order valence-corrected chi connectivity index (χ4v) is 2.65. The predicted octanol–water partition coefficient (Wildman–Crippen LogP) is 2.74. The maximum Gasteiger partial charge on any atom is 0.329 e. The van der Waals surface area contributed by atoms with Crippen LogP contribution in [0.1, 0.15) is 6.92 Å². The number of nitrogens with zero attached hydrogens (tertiary/aromatic N) is 2. The van der Waals surface area contributed by atoms with Gasteiger partial charge < -0.3 is 5.32 Å². The second-order valence-corrected chi connectivity index (χ2v) is 5.28. The summed E-state index contributed by atoms with van der Waals surface area (Å²) in [5, 5.41) is 2.46. The molecule has 2 aromatic carbocycles. The zero-order valence-electron chi connectivity index (χ0n) is 12.9. The number of aryl methyl sites for hydroxylation is 1. The first-order valence-corrected chi connectivity index (χ1v) is 7.44. The molecule has 1 heterocycles. The molecule has 0 aliphatic carbocycles. The number of hydrogen-bond acceptors (Lipinski definition) is 2. The summed E-state index contributed by atoms with van der Waals surface area (Å²) in [5.74, 6) is -2.54. The number of anilines is 1. The predicted molar refractivity (Wildman–Crippen MR) is 86.9 cm³/mol. The van der Waals surface area contributed by atoms with Gasteiger partial charge in [0, 0.05) is 18.3 Å². The van der Waals surface area contributed by atoms with Crippen molar-refractivity contribution < 1.29 is 13.6 Å². The largest absolute Gasteiger partial charge is 0.329 e. The highest BCUT2D eigenvalue weighted by Gasteiger charge is 2.14. The number of aromatic nitrogens is 2. The van der Waals surface area contributed by atoms with E-state index in [9.17, 15) is 18.4 Å². The van der Waals surface area contributed by atoms with Gasteiger partial charge in [0.05, 0.1) is 11.0 Å². The highest BCUT2D eigenvalue weighted by Crippen LogP contribution is 2.15. The van der Waals surface area contributed by atoms with Crippen molar-refractivity contribution in [3.05, 3.63) is 64.6 Å². The van der Waals surface area contributed by atoms with Crippen LogP contribution in [0.3, 0.4) is 0 Å². The van der Waals surface area contributed by atoms with Crippen molar-refractivity contribution in [2.75, 3.05) is 5.32 Å². The molecular weight excluding hydrogens is 316 g/mol. The Hall–Kier alpha value is -2.96. The molecule has 1 amide bonds. The van der Waals surface area contributed by atoms with Crippen LogP contribution in [0.25, 0.3) is 11.0 Å². The minimum atomic E-state index is -1.05. The van der Waals surface area contributed by atoms with Crippen LogP contribution in [0.2, 0.25) is 0 Å². The number of amides is 1. The number of fused-ring (bicyclic) bond motifs is 1. The molecule has 24 heavy (non-hydrogen) atoms. The van der Waals surface area contributed by atoms with Gasteiger partial charge in [-0.2, -0.15) is 0 Å². The topological polar surface area (TPSA) is 56.0 Å². The number of rotatable bonds is 4. The van der Waals surface area contributed by atoms with Crippen molar-refractivity contribution in [1.29, 1.82) is 0 Å². The lowest BCUT2D eigenvalue weighted by molar-refractivity contribution is -0.116. The van der Waals surface area contributed by atoms with Gasteiger partial charge in [-0.3, -0.25) is 13.9 Å². The average molecular weight is 331 g/mol. The zero-order valence-corrected chi connectivity index (χ0v) is 12.9. The lowest BCUT2D eigenvalue weighted by atomic mass is 10.3. The quantitative estimate of drug-likeness (QED) is 0.799. The van der Waals surface area contributed by atoms with Gasteiger partial charge >= 0.3 is 5.69 Å². The molecule has 0 aliphatic rings. The van der Waals surface area contributed by atoms with Crippen LogP contribution in [0.15, 0.2) is 47.3 Å². The molecule has 124 valence electrons. The van der Waals surface area contributed by atoms with Gasteiger partial charge in [-0.1, -0.05) is 12.1 Å². The third-order valence-electron chi connectivity index (χ3n) is 3.75. The molecule has 1 N–H and O–H groups in total. The van der Waals surface area contributed by atoms with E-state index in [1.807, 2.05) is 19.1 Å². The van der Waals surface area contributed by atoms with Crippen molar-refractivity contribution in [2.45, 2.75) is 20.0 Å². The number of halogens is 2. The van der Waals surface area contributed by atoms with Crippen LogP contribution < -0.4 is 11.0 Å². The summed E-state index contributed by atoms with van der Waals surface area (Å²) in [7, 11) is 0. The first-order valence-electron chi connectivity index (χ1n) is 7.44. The second-order valence-electron chi connectivity index (χ2n) is 5.28. The normalized spacial score (nSPS) is 11.0. The number of nitrogens with one attached hydrogen (secondary N) is 1. The van der Waals surface area contributed by atoms with Crippen molar-refractivity contribution in [1.82, 2.24) is 9.13 Å². The van der Waals surface area contributed by atoms with Crippen molar-refractivity contribution in [3.63, 3.8) is 0 Å². The number of carbonyl (C=O) groups is 1. The van der Waals surface area contributed by atoms with E-state index >= 15 is 0 Å². The van der Waals surface area contributed by atoms with Crippen LogP contribution in [-0.4, -0.2) is 15.0 Å². The van der Waals surface area contributed by atoms with Crippen molar-refractivity contribution in [2.24, 2.45) is 0 Å². The summed E-state index contributed by atoms with van der Waals surface area (Å²) in [6, 6.07) is 10.3. The third kappa shape index (κ3) is 2.80. The van der Waals surface area contributed by atoms with Gasteiger partial charge in [-0.05, 0) is 31.2 Å². The first kappa shape index (κ1) is 15.9.